The topological polar surface area (TPSA) is 88.8 Å². The summed E-state index contributed by atoms with van der Waals surface area (Å²) in [4.78, 5) is 39.2. The van der Waals surface area contributed by atoms with Gasteiger partial charge in [-0.1, -0.05) is 12.1 Å². The third-order valence-corrected chi connectivity index (χ3v) is 5.63. The van der Waals surface area contributed by atoms with E-state index in [1.165, 1.54) is 23.6 Å². The summed E-state index contributed by atoms with van der Waals surface area (Å²) >= 11 is 1.29. The fraction of sp³-hybridized carbons (Fsp3) is 0.348. The van der Waals surface area contributed by atoms with Gasteiger partial charge < -0.3 is 14.5 Å². The predicted octanol–water partition coefficient (Wildman–Crippen LogP) is 4.07. The Labute approximate surface area is 185 Å². The maximum Gasteiger partial charge on any atom is 0.267 e. The van der Waals surface area contributed by atoms with Crippen molar-refractivity contribution in [2.75, 3.05) is 18.5 Å². The number of rotatable bonds is 10. The van der Waals surface area contributed by atoms with E-state index in [4.69, 9.17) is 9.15 Å². The molecule has 0 saturated carbocycles. The average Bonchev–Trinajstić information content (AvgIpc) is 3.31. The molecule has 2 aromatic rings. The fourth-order valence-corrected chi connectivity index (χ4v) is 4.18. The Bertz CT molecular complexity index is 964. The second-order valence-electron chi connectivity index (χ2n) is 7.37. The summed E-state index contributed by atoms with van der Waals surface area (Å²) in [5.41, 5.74) is 1.64. The molecule has 1 aromatic carbocycles. The third kappa shape index (κ3) is 5.86. The van der Waals surface area contributed by atoms with Crippen molar-refractivity contribution in [1.29, 1.82) is 0 Å². The summed E-state index contributed by atoms with van der Waals surface area (Å²) < 4.78 is 10.9. The highest BCUT2D eigenvalue weighted by Crippen LogP contribution is 2.38. The molecule has 3 amide bonds. The van der Waals surface area contributed by atoms with Gasteiger partial charge in [-0.05, 0) is 50.1 Å². The Kier molecular flexibility index (Phi) is 7.70. The van der Waals surface area contributed by atoms with Crippen LogP contribution in [0.1, 0.15) is 38.5 Å². The first-order valence-electron chi connectivity index (χ1n) is 10.1. The van der Waals surface area contributed by atoms with Crippen molar-refractivity contribution in [2.45, 2.75) is 39.0 Å². The van der Waals surface area contributed by atoms with Crippen molar-refractivity contribution in [3.8, 4) is 0 Å². The van der Waals surface area contributed by atoms with E-state index in [2.05, 4.69) is 5.32 Å². The highest BCUT2D eigenvalue weighted by molar-refractivity contribution is 8.03. The van der Waals surface area contributed by atoms with Crippen LogP contribution in [0.3, 0.4) is 0 Å². The molecule has 164 valence electrons. The molecule has 8 heteroatoms. The molecule has 1 aliphatic heterocycles. The molecular weight excluding hydrogens is 416 g/mol. The second kappa shape index (κ2) is 10.5. The number of imide groups is 1. The van der Waals surface area contributed by atoms with E-state index in [1.54, 1.807) is 36.6 Å². The lowest BCUT2D eigenvalue weighted by atomic mass is 10.1. The number of thioether (sulfide) groups is 1. The quantitative estimate of drug-likeness (QED) is 0.441. The molecular formula is C23H26N2O5S. The number of carbonyl (C=O) groups excluding carboxylic acids is 3. The Morgan fingerprint density at radius 1 is 1.16 bits per heavy atom. The van der Waals surface area contributed by atoms with Crippen LogP contribution in [0.4, 0.5) is 5.69 Å². The van der Waals surface area contributed by atoms with E-state index in [-0.39, 0.29) is 23.8 Å². The van der Waals surface area contributed by atoms with E-state index in [0.717, 1.165) is 5.76 Å². The zero-order valence-corrected chi connectivity index (χ0v) is 18.7. The lowest BCUT2D eigenvalue weighted by molar-refractivity contribution is -0.136. The van der Waals surface area contributed by atoms with Crippen LogP contribution in [0, 0.1) is 0 Å². The molecule has 0 unspecified atom stereocenters. The number of furan rings is 1. The number of amides is 3. The van der Waals surface area contributed by atoms with E-state index in [9.17, 15) is 14.4 Å². The largest absolute Gasteiger partial charge is 0.468 e. The van der Waals surface area contributed by atoms with Crippen LogP contribution in [-0.4, -0.2) is 41.9 Å². The minimum Gasteiger partial charge on any atom is -0.468 e. The van der Waals surface area contributed by atoms with Crippen LogP contribution >= 0.6 is 11.8 Å². The maximum absolute atomic E-state index is 13.2. The lowest BCUT2D eigenvalue weighted by Gasteiger charge is -2.15. The van der Waals surface area contributed by atoms with Crippen molar-refractivity contribution in [2.24, 2.45) is 0 Å². The highest BCUT2D eigenvalue weighted by atomic mass is 32.2. The molecule has 0 aliphatic carbocycles. The zero-order valence-electron chi connectivity index (χ0n) is 17.8. The molecule has 0 radical (unpaired) electrons. The van der Waals surface area contributed by atoms with Crippen LogP contribution in [-0.2, 0) is 24.9 Å². The van der Waals surface area contributed by atoms with Crippen LogP contribution in [0.25, 0.3) is 5.57 Å². The van der Waals surface area contributed by atoms with Gasteiger partial charge in [0, 0.05) is 25.8 Å². The van der Waals surface area contributed by atoms with Crippen molar-refractivity contribution in [3.63, 3.8) is 0 Å². The molecule has 1 aliphatic rings. The second-order valence-corrected chi connectivity index (χ2v) is 8.35. The van der Waals surface area contributed by atoms with Gasteiger partial charge in [-0.15, -0.1) is 11.8 Å². The SMILES string of the molecule is CC(=O)Nc1ccc(C2=C(SCc3ccco3)C(=O)N(CCCOC(C)C)C2=O)cc1. The number of carbonyl (C=O) groups is 3. The van der Waals surface area contributed by atoms with E-state index >= 15 is 0 Å². The summed E-state index contributed by atoms with van der Waals surface area (Å²) in [7, 11) is 0. The smallest absolute Gasteiger partial charge is 0.267 e. The van der Waals surface area contributed by atoms with E-state index in [0.29, 0.717) is 47.1 Å². The van der Waals surface area contributed by atoms with Gasteiger partial charge in [-0.25, -0.2) is 0 Å². The Morgan fingerprint density at radius 2 is 1.90 bits per heavy atom. The molecule has 0 spiro atoms. The number of hydrogen-bond donors (Lipinski definition) is 1. The number of nitrogens with zero attached hydrogens (tertiary/aromatic N) is 1. The molecule has 3 rings (SSSR count). The molecule has 0 fully saturated rings. The summed E-state index contributed by atoms with van der Waals surface area (Å²) in [6.45, 7) is 6.09. The number of hydrogen-bond acceptors (Lipinski definition) is 6. The zero-order chi connectivity index (χ0) is 22.4. The summed E-state index contributed by atoms with van der Waals surface area (Å²) in [5, 5.41) is 2.70. The molecule has 1 N–H and O–H groups in total. The first kappa shape index (κ1) is 22.8. The van der Waals surface area contributed by atoms with Crippen LogP contribution in [0.5, 0.6) is 0 Å². The van der Waals surface area contributed by atoms with Gasteiger partial charge >= 0.3 is 0 Å². The Hall–Kier alpha value is -2.84. The van der Waals surface area contributed by atoms with Crippen LogP contribution in [0.2, 0.25) is 0 Å². The van der Waals surface area contributed by atoms with Gasteiger partial charge in [0.25, 0.3) is 11.8 Å². The van der Waals surface area contributed by atoms with Crippen molar-refractivity contribution >= 4 is 40.7 Å². The molecule has 0 atom stereocenters. The van der Waals surface area contributed by atoms with E-state index in [1.807, 2.05) is 19.9 Å². The summed E-state index contributed by atoms with van der Waals surface area (Å²) in [6, 6.07) is 10.5. The van der Waals surface area contributed by atoms with Crippen LogP contribution in [0.15, 0.2) is 52.0 Å². The Morgan fingerprint density at radius 3 is 2.52 bits per heavy atom. The van der Waals surface area contributed by atoms with E-state index < -0.39 is 0 Å². The molecule has 31 heavy (non-hydrogen) atoms. The predicted molar refractivity (Wildman–Crippen MR) is 120 cm³/mol. The van der Waals surface area contributed by atoms with Crippen LogP contribution < -0.4 is 5.32 Å². The van der Waals surface area contributed by atoms with Gasteiger partial charge in [-0.3, -0.25) is 19.3 Å². The minimum atomic E-state index is -0.316. The van der Waals surface area contributed by atoms with Gasteiger partial charge in [0.2, 0.25) is 5.91 Å². The first-order chi connectivity index (χ1) is 14.9. The monoisotopic (exact) mass is 442 g/mol. The first-order valence-corrected chi connectivity index (χ1v) is 11.1. The lowest BCUT2D eigenvalue weighted by Crippen LogP contribution is -2.33. The molecule has 0 saturated heterocycles. The molecule has 2 heterocycles. The minimum absolute atomic E-state index is 0.0974. The number of nitrogens with one attached hydrogen (secondary N) is 1. The number of benzene rings is 1. The summed E-state index contributed by atoms with van der Waals surface area (Å²) in [6.07, 6.45) is 2.25. The third-order valence-electron chi connectivity index (χ3n) is 4.54. The van der Waals surface area contributed by atoms with Crippen molar-refractivity contribution in [3.05, 3.63) is 58.9 Å². The normalized spacial score (nSPS) is 14.1. The Balaban J connectivity index is 1.82. The molecule has 7 nitrogen and oxygen atoms in total. The van der Waals surface area contributed by atoms with Gasteiger partial charge in [0.1, 0.15) is 5.76 Å². The molecule has 0 bridgehead atoms. The average molecular weight is 443 g/mol. The maximum atomic E-state index is 13.2. The standard InChI is InChI=1S/C23H26N2O5S/c1-15(2)29-13-5-11-25-22(27)20(17-7-9-18(10-8-17)24-16(3)26)21(23(25)28)31-14-19-6-4-12-30-19/h4,6-10,12,15H,5,11,13-14H2,1-3H3,(H,24,26). The fourth-order valence-electron chi connectivity index (χ4n) is 3.15. The molecule has 1 aromatic heterocycles. The van der Waals surface area contributed by atoms with Crippen molar-refractivity contribution < 1.29 is 23.5 Å². The number of anilines is 1. The van der Waals surface area contributed by atoms with Gasteiger partial charge in [0.15, 0.2) is 0 Å². The van der Waals surface area contributed by atoms with Gasteiger partial charge in [-0.2, -0.15) is 0 Å². The number of ether oxygens (including phenoxy) is 1. The highest BCUT2D eigenvalue weighted by Gasteiger charge is 2.38. The van der Waals surface area contributed by atoms with Crippen molar-refractivity contribution in [1.82, 2.24) is 4.90 Å². The van der Waals surface area contributed by atoms with Gasteiger partial charge in [0.05, 0.1) is 28.6 Å². The summed E-state index contributed by atoms with van der Waals surface area (Å²) in [5.74, 6) is 0.375.